The Bertz CT molecular complexity index is 363. The summed E-state index contributed by atoms with van der Waals surface area (Å²) in [7, 11) is 0. The summed E-state index contributed by atoms with van der Waals surface area (Å²) >= 11 is 0. The third-order valence-electron chi connectivity index (χ3n) is 1.95. The minimum absolute atomic E-state index is 0.113. The molecular formula is C9H9N3O3. The first-order chi connectivity index (χ1) is 7.24. The van der Waals surface area contributed by atoms with Crippen LogP contribution in [0, 0.1) is 0 Å². The SMILES string of the molecule is O=C1CN(Cc2cccnn2)CC(=O)O1. The molecule has 0 aliphatic carbocycles. The predicted octanol–water partition coefficient (Wildman–Crippen LogP) is -0.638. The predicted molar refractivity (Wildman–Crippen MR) is 48.4 cm³/mol. The highest BCUT2D eigenvalue weighted by Gasteiger charge is 2.24. The number of nitrogens with zero attached hydrogens (tertiary/aromatic N) is 3. The summed E-state index contributed by atoms with van der Waals surface area (Å²) < 4.78 is 4.40. The third kappa shape index (κ3) is 2.57. The Morgan fingerprint density at radius 2 is 2.07 bits per heavy atom. The molecule has 15 heavy (non-hydrogen) atoms. The average molecular weight is 207 g/mol. The van der Waals surface area contributed by atoms with Crippen molar-refractivity contribution in [1.82, 2.24) is 15.1 Å². The fraction of sp³-hybridized carbons (Fsp3) is 0.333. The number of hydrogen-bond acceptors (Lipinski definition) is 6. The van der Waals surface area contributed by atoms with Gasteiger partial charge in [-0.15, -0.1) is 0 Å². The number of carbonyl (C=O) groups is 2. The minimum Gasteiger partial charge on any atom is -0.391 e. The van der Waals surface area contributed by atoms with Crippen molar-refractivity contribution in [3.63, 3.8) is 0 Å². The largest absolute Gasteiger partial charge is 0.391 e. The number of ether oxygens (including phenoxy) is 1. The van der Waals surface area contributed by atoms with Gasteiger partial charge in [0.25, 0.3) is 0 Å². The van der Waals surface area contributed by atoms with Crippen LogP contribution < -0.4 is 0 Å². The second kappa shape index (κ2) is 4.14. The molecule has 1 aromatic rings. The quantitative estimate of drug-likeness (QED) is 0.474. The highest BCUT2D eigenvalue weighted by atomic mass is 16.6. The minimum atomic E-state index is -0.518. The molecule has 6 nitrogen and oxygen atoms in total. The maximum atomic E-state index is 11.0. The molecule has 0 amide bonds. The smallest absolute Gasteiger partial charge is 0.327 e. The van der Waals surface area contributed by atoms with E-state index in [0.717, 1.165) is 5.69 Å². The number of carbonyl (C=O) groups excluding carboxylic acids is 2. The van der Waals surface area contributed by atoms with E-state index in [9.17, 15) is 9.59 Å². The molecule has 0 saturated carbocycles. The number of hydrogen-bond donors (Lipinski definition) is 0. The zero-order valence-electron chi connectivity index (χ0n) is 7.92. The lowest BCUT2D eigenvalue weighted by Gasteiger charge is -2.23. The maximum Gasteiger partial charge on any atom is 0.327 e. The fourth-order valence-electron chi connectivity index (χ4n) is 1.37. The van der Waals surface area contributed by atoms with E-state index in [1.54, 1.807) is 23.2 Å². The van der Waals surface area contributed by atoms with Crippen LogP contribution in [-0.2, 0) is 20.9 Å². The van der Waals surface area contributed by atoms with Crippen molar-refractivity contribution in [2.24, 2.45) is 0 Å². The zero-order valence-corrected chi connectivity index (χ0v) is 7.92. The summed E-state index contributed by atoms with van der Waals surface area (Å²) in [6, 6.07) is 3.55. The molecule has 0 aromatic carbocycles. The lowest BCUT2D eigenvalue weighted by Crippen LogP contribution is -2.42. The van der Waals surface area contributed by atoms with Crippen molar-refractivity contribution in [1.29, 1.82) is 0 Å². The van der Waals surface area contributed by atoms with Gasteiger partial charge in [0.2, 0.25) is 0 Å². The molecule has 78 valence electrons. The monoisotopic (exact) mass is 207 g/mol. The van der Waals surface area contributed by atoms with Gasteiger partial charge in [-0.2, -0.15) is 10.2 Å². The van der Waals surface area contributed by atoms with Gasteiger partial charge in [0.15, 0.2) is 0 Å². The van der Waals surface area contributed by atoms with Crippen molar-refractivity contribution in [2.75, 3.05) is 13.1 Å². The molecule has 1 aromatic heterocycles. The number of esters is 2. The van der Waals surface area contributed by atoms with Crippen LogP contribution in [-0.4, -0.2) is 40.1 Å². The molecule has 6 heteroatoms. The molecule has 0 radical (unpaired) electrons. The molecule has 1 aliphatic heterocycles. The van der Waals surface area contributed by atoms with Gasteiger partial charge in [-0.1, -0.05) is 0 Å². The van der Waals surface area contributed by atoms with E-state index in [1.165, 1.54) is 0 Å². The van der Waals surface area contributed by atoms with Crippen LogP contribution in [0.1, 0.15) is 5.69 Å². The van der Waals surface area contributed by atoms with Crippen LogP contribution in [0.4, 0.5) is 0 Å². The van der Waals surface area contributed by atoms with E-state index in [0.29, 0.717) is 6.54 Å². The van der Waals surface area contributed by atoms with E-state index < -0.39 is 11.9 Å². The number of rotatable bonds is 2. The summed E-state index contributed by atoms with van der Waals surface area (Å²) in [6.07, 6.45) is 1.57. The molecule has 1 saturated heterocycles. The van der Waals surface area contributed by atoms with E-state index >= 15 is 0 Å². The van der Waals surface area contributed by atoms with Gasteiger partial charge in [0, 0.05) is 12.7 Å². The number of morpholine rings is 1. The lowest BCUT2D eigenvalue weighted by molar-refractivity contribution is -0.167. The standard InChI is InChI=1S/C9H9N3O3/c13-8-5-12(6-9(14)15-8)4-7-2-1-3-10-11-7/h1-3H,4-6H2. The Labute approximate surface area is 85.9 Å². The second-order valence-electron chi connectivity index (χ2n) is 3.21. The van der Waals surface area contributed by atoms with Crippen molar-refractivity contribution >= 4 is 11.9 Å². The van der Waals surface area contributed by atoms with E-state index in [-0.39, 0.29) is 13.1 Å². The molecule has 0 atom stereocenters. The van der Waals surface area contributed by atoms with Gasteiger partial charge in [-0.3, -0.25) is 14.5 Å². The van der Waals surface area contributed by atoms with Crippen molar-refractivity contribution < 1.29 is 14.3 Å². The fourth-order valence-corrected chi connectivity index (χ4v) is 1.37. The number of aromatic nitrogens is 2. The topological polar surface area (TPSA) is 72.4 Å². The summed E-state index contributed by atoms with van der Waals surface area (Å²) in [5.41, 5.74) is 0.722. The van der Waals surface area contributed by atoms with Gasteiger partial charge in [0.1, 0.15) is 0 Å². The molecular weight excluding hydrogens is 198 g/mol. The summed E-state index contributed by atoms with van der Waals surface area (Å²) in [5, 5.41) is 7.58. The van der Waals surface area contributed by atoms with Crippen molar-refractivity contribution in [3.8, 4) is 0 Å². The van der Waals surface area contributed by atoms with Crippen LogP contribution in [0.5, 0.6) is 0 Å². The van der Waals surface area contributed by atoms with Gasteiger partial charge < -0.3 is 4.74 Å². The van der Waals surface area contributed by atoms with Crippen LogP contribution >= 0.6 is 0 Å². The maximum absolute atomic E-state index is 11.0. The molecule has 1 fully saturated rings. The summed E-state index contributed by atoms with van der Waals surface area (Å²) in [5.74, 6) is -1.04. The van der Waals surface area contributed by atoms with Gasteiger partial charge in [-0.25, -0.2) is 0 Å². The van der Waals surface area contributed by atoms with Crippen LogP contribution in [0.2, 0.25) is 0 Å². The summed E-state index contributed by atoms with van der Waals surface area (Å²) in [6.45, 7) is 0.652. The van der Waals surface area contributed by atoms with Crippen LogP contribution in [0.15, 0.2) is 18.3 Å². The van der Waals surface area contributed by atoms with Crippen LogP contribution in [0.25, 0.3) is 0 Å². The summed E-state index contributed by atoms with van der Waals surface area (Å²) in [4.78, 5) is 23.6. The number of cyclic esters (lactones) is 2. The van der Waals surface area contributed by atoms with Crippen molar-refractivity contribution in [2.45, 2.75) is 6.54 Å². The lowest BCUT2D eigenvalue weighted by atomic mass is 10.3. The molecule has 2 heterocycles. The van der Waals surface area contributed by atoms with E-state index in [1.807, 2.05) is 0 Å². The molecule has 0 unspecified atom stereocenters. The van der Waals surface area contributed by atoms with E-state index in [2.05, 4.69) is 14.9 Å². The molecule has 2 rings (SSSR count). The molecule has 1 aliphatic rings. The highest BCUT2D eigenvalue weighted by Crippen LogP contribution is 2.04. The average Bonchev–Trinajstić information content (AvgIpc) is 2.17. The molecule has 0 spiro atoms. The van der Waals surface area contributed by atoms with E-state index in [4.69, 9.17) is 0 Å². The Morgan fingerprint density at radius 3 is 2.67 bits per heavy atom. The zero-order chi connectivity index (χ0) is 10.7. The van der Waals surface area contributed by atoms with Gasteiger partial charge in [-0.05, 0) is 12.1 Å². The third-order valence-corrected chi connectivity index (χ3v) is 1.95. The molecule has 0 bridgehead atoms. The first-order valence-corrected chi connectivity index (χ1v) is 4.46. The van der Waals surface area contributed by atoms with Gasteiger partial charge in [0.05, 0.1) is 18.8 Å². The van der Waals surface area contributed by atoms with Crippen molar-refractivity contribution in [3.05, 3.63) is 24.0 Å². The van der Waals surface area contributed by atoms with Crippen LogP contribution in [0.3, 0.4) is 0 Å². The normalized spacial score (nSPS) is 17.6. The molecule has 0 N–H and O–H groups in total. The first kappa shape index (κ1) is 9.72. The Kier molecular flexibility index (Phi) is 2.68. The Hall–Kier alpha value is -1.82. The highest BCUT2D eigenvalue weighted by molar-refractivity contribution is 5.90. The Balaban J connectivity index is 2.00. The Morgan fingerprint density at radius 1 is 1.33 bits per heavy atom. The second-order valence-corrected chi connectivity index (χ2v) is 3.21. The van der Waals surface area contributed by atoms with Gasteiger partial charge >= 0.3 is 11.9 Å². The first-order valence-electron chi connectivity index (χ1n) is 4.46.